The van der Waals surface area contributed by atoms with Crippen molar-refractivity contribution in [1.82, 2.24) is 14.2 Å². The van der Waals surface area contributed by atoms with Crippen LogP contribution in [0.4, 0.5) is 26.3 Å². The van der Waals surface area contributed by atoms with E-state index in [2.05, 4.69) is 4.98 Å². The fourth-order valence-electron chi connectivity index (χ4n) is 4.11. The Hall–Kier alpha value is -2.87. The number of alkyl halides is 6. The number of aromatic nitrogens is 1. The maximum absolute atomic E-state index is 13.1. The topological polar surface area (TPSA) is 79.8 Å². The van der Waals surface area contributed by atoms with Crippen LogP contribution in [0.2, 0.25) is 0 Å². The summed E-state index contributed by atoms with van der Waals surface area (Å²) < 4.78 is 110. The van der Waals surface area contributed by atoms with Crippen molar-refractivity contribution in [2.24, 2.45) is 0 Å². The highest BCUT2D eigenvalue weighted by molar-refractivity contribution is 7.89. The minimum absolute atomic E-state index is 0.00480. The zero-order valence-electron chi connectivity index (χ0n) is 17.9. The van der Waals surface area contributed by atoms with Crippen LogP contribution < -0.4 is 4.74 Å². The molecule has 3 heterocycles. The summed E-state index contributed by atoms with van der Waals surface area (Å²) in [5, 5.41) is 0. The highest BCUT2D eigenvalue weighted by Gasteiger charge is 2.45. The van der Waals surface area contributed by atoms with Gasteiger partial charge in [0.1, 0.15) is 0 Å². The molecule has 2 fully saturated rings. The number of benzene rings is 1. The number of ether oxygens (including phenoxy) is 1. The van der Waals surface area contributed by atoms with Gasteiger partial charge in [-0.25, -0.2) is 13.4 Å². The molecule has 1 aromatic heterocycles. The maximum Gasteiger partial charge on any atom is 0.417 e. The molecule has 190 valence electrons. The van der Waals surface area contributed by atoms with Crippen molar-refractivity contribution in [3.8, 4) is 5.88 Å². The van der Waals surface area contributed by atoms with Crippen molar-refractivity contribution < 1.29 is 44.3 Å². The zero-order chi connectivity index (χ0) is 25.6. The maximum atomic E-state index is 13.1. The summed E-state index contributed by atoms with van der Waals surface area (Å²) in [6.07, 6.45) is -9.52. The van der Waals surface area contributed by atoms with E-state index in [4.69, 9.17) is 4.74 Å². The van der Waals surface area contributed by atoms with E-state index >= 15 is 0 Å². The Bertz CT molecular complexity index is 1200. The summed E-state index contributed by atoms with van der Waals surface area (Å²) in [4.78, 5) is 17.3. The average molecular weight is 523 g/mol. The number of rotatable bonds is 4. The largest absolute Gasteiger partial charge is 0.464 e. The van der Waals surface area contributed by atoms with Gasteiger partial charge in [0.2, 0.25) is 15.9 Å². The standard InChI is InChI=1S/C21H19F6N3O4S/c22-20(23,24)13-3-1-4-16(9-13)35(32,33)29-7-2-8-30-15(12-29)10-17(19(30)31)34-18-6-5-14(11-28-18)21(25,26)27/h1,3-6,9,11,15,17H,2,7-8,10,12H2/t15-,17-/m1/s1. The highest BCUT2D eigenvalue weighted by Crippen LogP contribution is 2.33. The Morgan fingerprint density at radius 2 is 1.69 bits per heavy atom. The van der Waals surface area contributed by atoms with Gasteiger partial charge in [-0.1, -0.05) is 6.07 Å². The molecule has 0 saturated carbocycles. The van der Waals surface area contributed by atoms with Gasteiger partial charge >= 0.3 is 12.4 Å². The second-order valence-corrected chi connectivity index (χ2v) is 10.1. The van der Waals surface area contributed by atoms with E-state index in [-0.39, 0.29) is 38.4 Å². The number of nitrogens with zero attached hydrogens (tertiary/aromatic N) is 3. The third kappa shape index (κ3) is 5.22. The predicted octanol–water partition coefficient (Wildman–Crippen LogP) is 3.56. The molecule has 2 atom stereocenters. The van der Waals surface area contributed by atoms with Crippen LogP contribution in [0.1, 0.15) is 24.0 Å². The Morgan fingerprint density at radius 3 is 2.31 bits per heavy atom. The zero-order valence-corrected chi connectivity index (χ0v) is 18.7. The number of halogens is 6. The predicted molar refractivity (Wildman–Crippen MR) is 109 cm³/mol. The molecule has 35 heavy (non-hydrogen) atoms. The molecule has 2 saturated heterocycles. The van der Waals surface area contributed by atoms with Gasteiger partial charge in [0.25, 0.3) is 5.91 Å². The van der Waals surface area contributed by atoms with E-state index in [0.717, 1.165) is 34.6 Å². The Labute approximate surface area is 196 Å². The number of hydrogen-bond acceptors (Lipinski definition) is 5. The lowest BCUT2D eigenvalue weighted by molar-refractivity contribution is -0.138. The lowest BCUT2D eigenvalue weighted by Gasteiger charge is -2.25. The van der Waals surface area contributed by atoms with Crippen LogP contribution in [0.5, 0.6) is 5.88 Å². The highest BCUT2D eigenvalue weighted by atomic mass is 32.2. The van der Waals surface area contributed by atoms with Gasteiger partial charge in [0, 0.05) is 44.4 Å². The van der Waals surface area contributed by atoms with E-state index in [1.54, 1.807) is 0 Å². The van der Waals surface area contributed by atoms with Gasteiger partial charge in [0.05, 0.1) is 16.0 Å². The SMILES string of the molecule is O=C1[C@H](Oc2ccc(C(F)(F)F)cn2)C[C@@H]2CN(S(=O)(=O)c3cccc(C(F)(F)F)c3)CCCN12. The molecule has 0 aliphatic carbocycles. The lowest BCUT2D eigenvalue weighted by atomic mass is 10.2. The van der Waals surface area contributed by atoms with E-state index in [1.807, 2.05) is 0 Å². The number of sulfonamides is 1. The quantitative estimate of drug-likeness (QED) is 0.573. The van der Waals surface area contributed by atoms with Crippen LogP contribution in [-0.2, 0) is 27.2 Å². The Balaban J connectivity index is 1.50. The molecule has 2 aliphatic heterocycles. The number of pyridine rings is 1. The molecule has 0 N–H and O–H groups in total. The number of carbonyl (C=O) groups excluding carboxylic acids is 1. The number of amides is 1. The van der Waals surface area contributed by atoms with E-state index in [9.17, 15) is 39.6 Å². The minimum Gasteiger partial charge on any atom is -0.464 e. The Morgan fingerprint density at radius 1 is 0.971 bits per heavy atom. The van der Waals surface area contributed by atoms with Crippen LogP contribution in [0, 0.1) is 0 Å². The normalized spacial score (nSPS) is 22.1. The molecule has 1 amide bonds. The second kappa shape index (κ2) is 8.97. The van der Waals surface area contributed by atoms with Gasteiger partial charge in [-0.2, -0.15) is 30.6 Å². The van der Waals surface area contributed by atoms with Crippen molar-refractivity contribution >= 4 is 15.9 Å². The molecule has 2 aromatic rings. The number of carbonyl (C=O) groups is 1. The van der Waals surface area contributed by atoms with Crippen molar-refractivity contribution in [3.63, 3.8) is 0 Å². The average Bonchev–Trinajstić information content (AvgIpc) is 2.94. The fourth-order valence-corrected chi connectivity index (χ4v) is 5.67. The molecule has 4 rings (SSSR count). The number of hydrogen-bond donors (Lipinski definition) is 0. The molecule has 0 unspecified atom stereocenters. The first kappa shape index (κ1) is 25.2. The van der Waals surface area contributed by atoms with Crippen LogP contribution in [0.3, 0.4) is 0 Å². The van der Waals surface area contributed by atoms with Gasteiger partial charge in [-0.3, -0.25) is 4.79 Å². The molecule has 2 aliphatic rings. The lowest BCUT2D eigenvalue weighted by Crippen LogP contribution is -2.41. The van der Waals surface area contributed by atoms with Gasteiger partial charge < -0.3 is 9.64 Å². The summed E-state index contributed by atoms with van der Waals surface area (Å²) in [5.41, 5.74) is -2.07. The smallest absolute Gasteiger partial charge is 0.417 e. The van der Waals surface area contributed by atoms with Gasteiger partial charge in [-0.15, -0.1) is 0 Å². The number of fused-ring (bicyclic) bond motifs is 1. The summed E-state index contributed by atoms with van der Waals surface area (Å²) in [5.74, 6) is -0.655. The van der Waals surface area contributed by atoms with Gasteiger partial charge in [0.15, 0.2) is 6.10 Å². The van der Waals surface area contributed by atoms with E-state index in [0.29, 0.717) is 12.3 Å². The first-order valence-corrected chi connectivity index (χ1v) is 11.9. The molecular formula is C21H19F6N3O4S. The first-order chi connectivity index (χ1) is 16.3. The van der Waals surface area contributed by atoms with Crippen molar-refractivity contribution in [1.29, 1.82) is 0 Å². The molecular weight excluding hydrogens is 504 g/mol. The summed E-state index contributed by atoms with van der Waals surface area (Å²) in [6.45, 7) is 0.0356. The molecule has 14 heteroatoms. The van der Waals surface area contributed by atoms with Crippen molar-refractivity contribution in [3.05, 3.63) is 53.7 Å². The molecule has 1 aromatic carbocycles. The second-order valence-electron chi connectivity index (χ2n) is 8.15. The van der Waals surface area contributed by atoms with E-state index < -0.39 is 56.5 Å². The van der Waals surface area contributed by atoms with Crippen molar-refractivity contribution in [2.75, 3.05) is 19.6 Å². The third-order valence-corrected chi connectivity index (χ3v) is 7.69. The van der Waals surface area contributed by atoms with Crippen LogP contribution in [-0.4, -0.2) is 60.3 Å². The summed E-state index contributed by atoms with van der Waals surface area (Å²) >= 11 is 0. The Kier molecular flexibility index (Phi) is 6.47. The molecule has 0 spiro atoms. The molecule has 0 radical (unpaired) electrons. The first-order valence-electron chi connectivity index (χ1n) is 10.4. The van der Waals surface area contributed by atoms with E-state index in [1.165, 1.54) is 4.90 Å². The van der Waals surface area contributed by atoms with Crippen molar-refractivity contribution in [2.45, 2.75) is 42.2 Å². The van der Waals surface area contributed by atoms with Gasteiger partial charge in [-0.05, 0) is 30.7 Å². The summed E-state index contributed by atoms with van der Waals surface area (Å²) in [7, 11) is -4.28. The molecule has 7 nitrogen and oxygen atoms in total. The molecule has 0 bridgehead atoms. The monoisotopic (exact) mass is 523 g/mol. The van der Waals surface area contributed by atoms with Crippen LogP contribution >= 0.6 is 0 Å². The third-order valence-electron chi connectivity index (χ3n) is 5.83. The minimum atomic E-state index is -4.71. The summed E-state index contributed by atoms with van der Waals surface area (Å²) in [6, 6.07) is 4.57. The fraction of sp³-hybridized carbons (Fsp3) is 0.429. The van der Waals surface area contributed by atoms with Crippen LogP contribution in [0.25, 0.3) is 0 Å². The van der Waals surface area contributed by atoms with Crippen LogP contribution in [0.15, 0.2) is 47.5 Å².